The molecule has 3 amide bonds. The molecule has 12 heteroatoms. The average Bonchev–Trinajstić information content (AvgIpc) is 2.98. The van der Waals surface area contributed by atoms with Crippen LogP contribution in [0, 0.1) is 0 Å². The predicted octanol–water partition coefficient (Wildman–Crippen LogP) is 6.02. The first-order valence-electron chi connectivity index (χ1n) is 13.8. The van der Waals surface area contributed by atoms with E-state index in [-0.39, 0.29) is 58.8 Å². The molecule has 4 aromatic carbocycles. The Morgan fingerprint density at radius 2 is 1.27 bits per heavy atom. The number of ketones is 2. The van der Waals surface area contributed by atoms with E-state index in [4.69, 9.17) is 11.5 Å². The van der Waals surface area contributed by atoms with Gasteiger partial charge in [-0.05, 0) is 74.0 Å². The fourth-order valence-corrected chi connectivity index (χ4v) is 4.31. The van der Waals surface area contributed by atoms with E-state index in [1.54, 1.807) is 48.5 Å². The van der Waals surface area contributed by atoms with E-state index in [0.717, 1.165) is 0 Å². The Kier molecular flexibility index (Phi) is 10.1. The van der Waals surface area contributed by atoms with Gasteiger partial charge in [0.15, 0.2) is 0 Å². The molecule has 0 atom stereocenters. The molecule has 0 aliphatic carbocycles. The maximum Gasteiger partial charge on any atom is 0.255 e. The second-order valence-electron chi connectivity index (χ2n) is 10.2. The van der Waals surface area contributed by atoms with Crippen LogP contribution in [-0.2, 0) is 19.2 Å². The van der Waals surface area contributed by atoms with Crippen molar-refractivity contribution >= 4 is 69.1 Å². The molecule has 0 bridgehead atoms. The summed E-state index contributed by atoms with van der Waals surface area (Å²) in [7, 11) is 0. The van der Waals surface area contributed by atoms with Crippen molar-refractivity contribution < 1.29 is 24.0 Å². The van der Waals surface area contributed by atoms with E-state index in [1.807, 2.05) is 18.2 Å². The number of Topliss-reactive ketones (excluding diaryl/α,β-unsaturated/α-hetero) is 2. The highest BCUT2D eigenvalue weighted by Gasteiger charge is 2.18. The van der Waals surface area contributed by atoms with E-state index < -0.39 is 11.8 Å². The number of carbonyl (C=O) groups is 5. The molecule has 0 spiro atoms. The smallest absolute Gasteiger partial charge is 0.255 e. The van der Waals surface area contributed by atoms with Crippen molar-refractivity contribution in [3.63, 3.8) is 0 Å². The van der Waals surface area contributed by atoms with Crippen LogP contribution in [0.5, 0.6) is 0 Å². The van der Waals surface area contributed by atoms with Crippen molar-refractivity contribution in [1.29, 1.82) is 0 Å². The summed E-state index contributed by atoms with van der Waals surface area (Å²) in [5.74, 6) is -2.07. The predicted molar refractivity (Wildman–Crippen MR) is 174 cm³/mol. The van der Waals surface area contributed by atoms with Crippen molar-refractivity contribution in [2.24, 2.45) is 10.2 Å². The number of amides is 3. The second-order valence-corrected chi connectivity index (χ2v) is 10.2. The molecule has 0 saturated carbocycles. The number of nitrogens with zero attached hydrogens (tertiary/aromatic N) is 2. The zero-order valence-corrected chi connectivity index (χ0v) is 24.6. The Morgan fingerprint density at radius 1 is 0.667 bits per heavy atom. The summed E-state index contributed by atoms with van der Waals surface area (Å²) in [6.45, 7) is 2.60. The first-order chi connectivity index (χ1) is 21.5. The van der Waals surface area contributed by atoms with Crippen molar-refractivity contribution in [1.82, 2.24) is 0 Å². The van der Waals surface area contributed by atoms with E-state index in [1.165, 1.54) is 32.0 Å². The second kappa shape index (κ2) is 14.3. The molecule has 0 aliphatic rings. The van der Waals surface area contributed by atoms with Gasteiger partial charge in [-0.25, -0.2) is 0 Å². The number of hydrogen-bond acceptors (Lipinski definition) is 9. The molecule has 0 aliphatic heterocycles. The summed E-state index contributed by atoms with van der Waals surface area (Å²) in [4.78, 5) is 60.7. The summed E-state index contributed by atoms with van der Waals surface area (Å²) in [6, 6.07) is 23.3. The van der Waals surface area contributed by atoms with Gasteiger partial charge in [-0.2, -0.15) is 0 Å². The minimum atomic E-state index is -0.566. The summed E-state index contributed by atoms with van der Waals surface area (Å²) in [5.41, 5.74) is 15.8. The fourth-order valence-electron chi connectivity index (χ4n) is 4.31. The van der Waals surface area contributed by atoms with Gasteiger partial charge in [0, 0.05) is 28.2 Å². The molecular weight excluding hydrogens is 574 g/mol. The molecule has 4 aromatic rings. The Hall–Kier alpha value is -6.17. The molecule has 12 nitrogen and oxygen atoms in total. The number of nitrogens with two attached hydrogens (primary N) is 2. The van der Waals surface area contributed by atoms with Gasteiger partial charge in [0.1, 0.15) is 22.9 Å². The third-order valence-corrected chi connectivity index (χ3v) is 6.32. The lowest BCUT2D eigenvalue weighted by atomic mass is 9.99. The molecule has 0 saturated heterocycles. The average molecular weight is 606 g/mol. The number of benzene rings is 4. The van der Waals surface area contributed by atoms with Gasteiger partial charge in [0.2, 0.25) is 11.8 Å². The Balaban J connectivity index is 1.76. The Bertz CT molecular complexity index is 1800. The lowest BCUT2D eigenvalue weighted by molar-refractivity contribution is -0.125. The van der Waals surface area contributed by atoms with Crippen LogP contribution in [0.1, 0.15) is 37.0 Å². The Morgan fingerprint density at radius 3 is 1.89 bits per heavy atom. The number of rotatable bonds is 11. The number of anilines is 5. The van der Waals surface area contributed by atoms with Crippen molar-refractivity contribution in [3.05, 3.63) is 90.5 Å². The number of carbonyl (C=O) groups excluding carboxylic acids is 5. The molecule has 0 aromatic heterocycles. The van der Waals surface area contributed by atoms with Gasteiger partial charge >= 0.3 is 0 Å². The van der Waals surface area contributed by atoms with Crippen molar-refractivity contribution in [3.8, 4) is 11.1 Å². The highest BCUT2D eigenvalue weighted by Crippen LogP contribution is 2.43. The molecule has 228 valence electrons. The molecule has 0 unspecified atom stereocenters. The molecule has 7 N–H and O–H groups in total. The summed E-state index contributed by atoms with van der Waals surface area (Å²) in [6.07, 6.45) is -0.685. The largest absolute Gasteiger partial charge is 0.399 e. The van der Waals surface area contributed by atoms with E-state index >= 15 is 0 Å². The summed E-state index contributed by atoms with van der Waals surface area (Å²) in [5, 5.41) is 16.9. The highest BCUT2D eigenvalue weighted by molar-refractivity contribution is 6.08. The van der Waals surface area contributed by atoms with Gasteiger partial charge < -0.3 is 27.4 Å². The van der Waals surface area contributed by atoms with Gasteiger partial charge in [-0.1, -0.05) is 30.3 Å². The van der Waals surface area contributed by atoms with Crippen LogP contribution in [0.2, 0.25) is 0 Å². The number of nitrogen functional groups attached to an aromatic ring is 2. The minimum Gasteiger partial charge on any atom is -0.399 e. The molecule has 0 radical (unpaired) electrons. The number of azo groups is 1. The lowest BCUT2D eigenvalue weighted by Gasteiger charge is -2.15. The van der Waals surface area contributed by atoms with Crippen molar-refractivity contribution in [2.75, 3.05) is 27.4 Å². The lowest BCUT2D eigenvalue weighted by Crippen LogP contribution is -2.15. The summed E-state index contributed by atoms with van der Waals surface area (Å²) >= 11 is 0. The molecule has 0 fully saturated rings. The van der Waals surface area contributed by atoms with Gasteiger partial charge in [-0.15, -0.1) is 10.2 Å². The minimum absolute atomic E-state index is 0.150. The fraction of sp³-hybridized carbons (Fsp3) is 0.121. The van der Waals surface area contributed by atoms with Crippen LogP contribution in [0.25, 0.3) is 11.1 Å². The van der Waals surface area contributed by atoms with Crippen LogP contribution in [-0.4, -0.2) is 29.3 Å². The zero-order valence-electron chi connectivity index (χ0n) is 24.6. The Labute approximate surface area is 258 Å². The monoisotopic (exact) mass is 605 g/mol. The first-order valence-corrected chi connectivity index (χ1v) is 13.8. The quantitative estimate of drug-likeness (QED) is 0.0781. The third-order valence-electron chi connectivity index (χ3n) is 6.32. The zero-order chi connectivity index (χ0) is 32.5. The molecule has 4 rings (SSSR count). The van der Waals surface area contributed by atoms with Crippen molar-refractivity contribution in [2.45, 2.75) is 26.7 Å². The maximum atomic E-state index is 12.8. The van der Waals surface area contributed by atoms with E-state index in [9.17, 15) is 24.0 Å². The molecular formula is C33H31N7O5. The number of para-hydroxylation sites is 1. The number of hydrogen-bond donors (Lipinski definition) is 5. The van der Waals surface area contributed by atoms with Crippen LogP contribution >= 0.6 is 0 Å². The normalized spacial score (nSPS) is 10.7. The third kappa shape index (κ3) is 8.67. The van der Waals surface area contributed by atoms with Gasteiger partial charge in [0.25, 0.3) is 5.91 Å². The van der Waals surface area contributed by atoms with E-state index in [0.29, 0.717) is 28.1 Å². The highest BCUT2D eigenvalue weighted by atomic mass is 16.2. The summed E-state index contributed by atoms with van der Waals surface area (Å²) < 4.78 is 0. The van der Waals surface area contributed by atoms with Crippen LogP contribution in [0.3, 0.4) is 0 Å². The van der Waals surface area contributed by atoms with Gasteiger partial charge in [0.05, 0.1) is 24.2 Å². The van der Waals surface area contributed by atoms with E-state index in [2.05, 4.69) is 26.2 Å². The molecule has 0 heterocycles. The molecule has 45 heavy (non-hydrogen) atoms. The SMILES string of the molecule is CC(=O)CC(=O)Nc1ccc(N)cc1N=Nc1c(NC(=O)CC(C)=O)ccc(N)c1-c1ccc(C(=O)Nc2ccccc2)cc1. The standard InChI is InChI=1S/C33H31N7O5/c1-19(41)16-29(43)37-26-14-12-23(34)18-28(26)39-40-32-27(38-30(44)17-20(2)42)15-13-25(35)31(32)21-8-10-22(11-9-21)33(45)36-24-6-4-3-5-7-24/h3-15,18H,16-17,34-35H2,1-2H3,(H,36,45)(H,37,43)(H,38,44). The van der Waals surface area contributed by atoms with Gasteiger partial charge in [-0.3, -0.25) is 24.0 Å². The first kappa shape index (κ1) is 31.8. The van der Waals surface area contributed by atoms with Crippen LogP contribution in [0.15, 0.2) is 95.2 Å². The topological polar surface area (TPSA) is 198 Å². The van der Waals surface area contributed by atoms with Crippen LogP contribution in [0.4, 0.5) is 39.8 Å². The van der Waals surface area contributed by atoms with Crippen LogP contribution < -0.4 is 27.4 Å². The number of nitrogens with one attached hydrogen (secondary N) is 3. The maximum absolute atomic E-state index is 12.8.